The monoisotopic (exact) mass is 254 g/mol. The van der Waals surface area contributed by atoms with Gasteiger partial charge in [-0.2, -0.15) is 4.57 Å². The molecule has 1 aromatic carbocycles. The van der Waals surface area contributed by atoms with Gasteiger partial charge in [-0.3, -0.25) is 0 Å². The molecule has 2 rings (SSSR count). The average Bonchev–Trinajstić information content (AvgIpc) is 2.40. The Kier molecular flexibility index (Phi) is 3.85. The zero-order valence-electron chi connectivity index (χ0n) is 11.5. The largest absolute Gasteiger partial charge is 0.868 e. The van der Waals surface area contributed by atoms with E-state index in [4.69, 9.17) is 0 Å². The Hall–Kier alpha value is -2.29. The van der Waals surface area contributed by atoms with Gasteiger partial charge in [0, 0.05) is 31.9 Å². The molecule has 0 atom stereocenters. The number of hydrogen-bond donors (Lipinski definition) is 0. The molecule has 0 spiro atoms. The summed E-state index contributed by atoms with van der Waals surface area (Å²) in [5.74, 6) is 0.00241. The molecule has 0 saturated carbocycles. The van der Waals surface area contributed by atoms with E-state index in [0.29, 0.717) is 5.56 Å². The quantitative estimate of drug-likeness (QED) is 0.616. The molecule has 3 nitrogen and oxygen atoms in total. The Morgan fingerprint density at radius 3 is 2.16 bits per heavy atom. The van der Waals surface area contributed by atoms with E-state index in [9.17, 15) is 5.11 Å². The normalized spacial score (nSPS) is 11.4. The van der Waals surface area contributed by atoms with Gasteiger partial charge in [0.2, 0.25) is 0 Å². The first-order valence-electron chi connectivity index (χ1n) is 6.20. The molecule has 0 aliphatic carbocycles. The van der Waals surface area contributed by atoms with Crippen molar-refractivity contribution in [1.29, 1.82) is 0 Å². The van der Waals surface area contributed by atoms with E-state index < -0.39 is 0 Å². The summed E-state index contributed by atoms with van der Waals surface area (Å²) in [6, 6.07) is 11.5. The molecule has 0 amide bonds. The summed E-state index contributed by atoms with van der Waals surface area (Å²) < 4.78 is 1.77. The lowest BCUT2D eigenvalue weighted by atomic mass is 10.1. The zero-order chi connectivity index (χ0) is 13.8. The maximum Gasteiger partial charge on any atom is 0.176 e. The minimum atomic E-state index is 0.00241. The summed E-state index contributed by atoms with van der Waals surface area (Å²) in [5, 5.41) is 12.1. The summed E-state index contributed by atoms with van der Waals surface area (Å²) in [6.07, 6.45) is 5.34. The molecule has 1 aromatic heterocycles. The van der Waals surface area contributed by atoms with Crippen molar-refractivity contribution in [3.05, 3.63) is 59.9 Å². The van der Waals surface area contributed by atoms with Crippen LogP contribution in [0.15, 0.2) is 48.8 Å². The van der Waals surface area contributed by atoms with Crippen molar-refractivity contribution >= 4 is 17.6 Å². The van der Waals surface area contributed by atoms with Crippen molar-refractivity contribution in [3.8, 4) is 0 Å². The maximum atomic E-state index is 12.1. The second-order valence-electron chi connectivity index (χ2n) is 4.76. The highest BCUT2D eigenvalue weighted by Crippen LogP contribution is 2.10. The molecule has 0 fully saturated rings. The van der Waals surface area contributed by atoms with Gasteiger partial charge in [0.15, 0.2) is 18.6 Å². The number of rotatable bonds is 3. The highest BCUT2D eigenvalue weighted by atomic mass is 16.3. The Balaban J connectivity index is 2.22. The van der Waals surface area contributed by atoms with Crippen LogP contribution in [0.25, 0.3) is 12.0 Å². The first-order valence-corrected chi connectivity index (χ1v) is 6.20. The highest BCUT2D eigenvalue weighted by Gasteiger charge is 2.00. The Bertz CT molecular complexity index is 569. The molecular formula is C16H18N2O. The fourth-order valence-corrected chi connectivity index (χ4v) is 1.74. The molecule has 0 N–H and O–H groups in total. The van der Waals surface area contributed by atoms with Gasteiger partial charge in [-0.1, -0.05) is 29.8 Å². The summed E-state index contributed by atoms with van der Waals surface area (Å²) in [4.78, 5) is 2.02. The van der Waals surface area contributed by atoms with Gasteiger partial charge >= 0.3 is 0 Å². The molecule has 2 aromatic rings. The van der Waals surface area contributed by atoms with Gasteiger partial charge in [0.05, 0.1) is 0 Å². The number of aromatic nitrogens is 1. The lowest BCUT2D eigenvalue weighted by Gasteiger charge is -2.11. The van der Waals surface area contributed by atoms with Gasteiger partial charge in [-0.05, 0) is 18.2 Å². The molecule has 3 heteroatoms. The molecule has 98 valence electrons. The minimum absolute atomic E-state index is 0.00241. The van der Waals surface area contributed by atoms with Crippen LogP contribution in [0.4, 0.5) is 5.69 Å². The van der Waals surface area contributed by atoms with Crippen molar-refractivity contribution < 1.29 is 9.67 Å². The van der Waals surface area contributed by atoms with Crippen molar-refractivity contribution in [2.24, 2.45) is 0 Å². The second kappa shape index (κ2) is 5.57. The summed E-state index contributed by atoms with van der Waals surface area (Å²) in [5.41, 5.74) is 2.96. The van der Waals surface area contributed by atoms with E-state index >= 15 is 0 Å². The second-order valence-corrected chi connectivity index (χ2v) is 4.76. The van der Waals surface area contributed by atoms with Gasteiger partial charge in [-0.25, -0.2) is 0 Å². The van der Waals surface area contributed by atoms with Crippen molar-refractivity contribution in [2.75, 3.05) is 19.0 Å². The maximum absolute atomic E-state index is 12.1. The smallest absolute Gasteiger partial charge is 0.176 e. The predicted octanol–water partition coefficient (Wildman–Crippen LogP) is 1.66. The Morgan fingerprint density at radius 2 is 1.63 bits per heavy atom. The Labute approximate surface area is 114 Å². The molecule has 0 radical (unpaired) electrons. The van der Waals surface area contributed by atoms with Gasteiger partial charge in [0.1, 0.15) is 0 Å². The number of aryl methyl sites for hydroxylation is 1. The third-order valence-electron chi connectivity index (χ3n) is 2.95. The summed E-state index contributed by atoms with van der Waals surface area (Å²) >= 11 is 0. The Morgan fingerprint density at radius 1 is 1.05 bits per heavy atom. The molecular weight excluding hydrogens is 236 g/mol. The highest BCUT2D eigenvalue weighted by molar-refractivity contribution is 5.64. The van der Waals surface area contributed by atoms with Crippen molar-refractivity contribution in [2.45, 2.75) is 6.92 Å². The number of hydrogen-bond acceptors (Lipinski definition) is 2. The lowest BCUT2D eigenvalue weighted by molar-refractivity contribution is -0.569. The van der Waals surface area contributed by atoms with Crippen LogP contribution < -0.4 is 14.6 Å². The van der Waals surface area contributed by atoms with Crippen LogP contribution >= 0.6 is 0 Å². The zero-order valence-corrected chi connectivity index (χ0v) is 11.5. The van der Waals surface area contributed by atoms with Crippen LogP contribution in [-0.2, 0) is 0 Å². The summed E-state index contributed by atoms with van der Waals surface area (Å²) in [6.45, 7) is 2.01. The van der Waals surface area contributed by atoms with Crippen LogP contribution in [0.2, 0.25) is 0 Å². The SMILES string of the molecule is Cc1ccc(/C([O-])=C/[n+]2ccc(N(C)C)cc2)cc1. The molecule has 0 saturated heterocycles. The van der Waals surface area contributed by atoms with E-state index in [1.54, 1.807) is 10.8 Å². The van der Waals surface area contributed by atoms with Gasteiger partial charge in [-0.15, -0.1) is 0 Å². The van der Waals surface area contributed by atoms with Gasteiger partial charge in [0.25, 0.3) is 0 Å². The van der Waals surface area contributed by atoms with E-state index in [0.717, 1.165) is 11.3 Å². The number of nitrogens with zero attached hydrogens (tertiary/aromatic N) is 2. The molecule has 0 unspecified atom stereocenters. The van der Waals surface area contributed by atoms with E-state index in [1.165, 1.54) is 0 Å². The van der Waals surface area contributed by atoms with Crippen molar-refractivity contribution in [1.82, 2.24) is 0 Å². The first-order chi connectivity index (χ1) is 9.06. The molecule has 0 bridgehead atoms. The van der Waals surface area contributed by atoms with Crippen LogP contribution in [0.1, 0.15) is 11.1 Å². The topological polar surface area (TPSA) is 30.2 Å². The number of pyridine rings is 1. The molecule has 19 heavy (non-hydrogen) atoms. The third-order valence-corrected chi connectivity index (χ3v) is 2.95. The van der Waals surface area contributed by atoms with E-state index in [-0.39, 0.29) is 5.76 Å². The van der Waals surface area contributed by atoms with E-state index in [2.05, 4.69) is 0 Å². The van der Waals surface area contributed by atoms with Crippen LogP contribution in [0, 0.1) is 6.92 Å². The van der Waals surface area contributed by atoms with Gasteiger partial charge < -0.3 is 10.0 Å². The fraction of sp³-hybridized carbons (Fsp3) is 0.188. The lowest BCUT2D eigenvalue weighted by Crippen LogP contribution is -2.27. The minimum Gasteiger partial charge on any atom is -0.868 e. The summed E-state index contributed by atoms with van der Waals surface area (Å²) in [7, 11) is 3.97. The van der Waals surface area contributed by atoms with E-state index in [1.807, 2.05) is 74.7 Å². The molecule has 0 aliphatic heterocycles. The average molecular weight is 254 g/mol. The molecule has 1 heterocycles. The van der Waals surface area contributed by atoms with Crippen LogP contribution in [0.5, 0.6) is 0 Å². The fourth-order valence-electron chi connectivity index (χ4n) is 1.74. The molecule has 0 aliphatic rings. The first kappa shape index (κ1) is 13.1. The standard InChI is InChI=1S/C16H18N2O/c1-13-4-6-14(7-5-13)16(19)12-18-10-8-15(9-11-18)17(2)3/h4-12H,1-3H3/b16-12-. The number of anilines is 1. The van der Waals surface area contributed by atoms with Crippen LogP contribution in [-0.4, -0.2) is 14.1 Å². The third kappa shape index (κ3) is 3.35. The van der Waals surface area contributed by atoms with Crippen molar-refractivity contribution in [3.63, 3.8) is 0 Å². The predicted molar refractivity (Wildman–Crippen MR) is 76.3 cm³/mol. The van der Waals surface area contributed by atoms with Crippen LogP contribution in [0.3, 0.4) is 0 Å². The number of benzene rings is 1.